The number of hydrogen-bond acceptors (Lipinski definition) is 6. The summed E-state index contributed by atoms with van der Waals surface area (Å²) in [6.07, 6.45) is 0. The number of ketones is 1. The first-order valence-electron chi connectivity index (χ1n) is 7.16. The highest BCUT2D eigenvalue weighted by atomic mass is 32.2. The molecule has 0 aliphatic rings. The molecule has 0 spiro atoms. The van der Waals surface area contributed by atoms with Crippen LogP contribution in [0.4, 0.5) is 0 Å². The van der Waals surface area contributed by atoms with E-state index in [1.54, 1.807) is 25.3 Å². The van der Waals surface area contributed by atoms with E-state index in [1.165, 1.54) is 18.9 Å². The molecule has 0 unspecified atom stereocenters. The maximum absolute atomic E-state index is 12.4. The minimum absolute atomic E-state index is 0.0333. The SMILES string of the molecule is COc1ccc(C(=O)CSc2nc(C)c(C)c(C)n2)c(OC)c1. The predicted molar refractivity (Wildman–Crippen MR) is 90.8 cm³/mol. The molecular weight excluding hydrogens is 312 g/mol. The number of aryl methyl sites for hydroxylation is 2. The zero-order valence-electron chi connectivity index (χ0n) is 14.0. The Hall–Kier alpha value is -2.08. The van der Waals surface area contributed by atoms with Crippen LogP contribution in [0.2, 0.25) is 0 Å². The molecule has 1 aromatic heterocycles. The lowest BCUT2D eigenvalue weighted by Gasteiger charge is -2.10. The second-order valence-corrected chi connectivity index (χ2v) is 6.02. The summed E-state index contributed by atoms with van der Waals surface area (Å²) in [5.41, 5.74) is 3.49. The molecule has 23 heavy (non-hydrogen) atoms. The Morgan fingerprint density at radius 2 is 1.74 bits per heavy atom. The van der Waals surface area contributed by atoms with Gasteiger partial charge in [-0.15, -0.1) is 0 Å². The smallest absolute Gasteiger partial charge is 0.188 e. The number of carbonyl (C=O) groups is 1. The third-order valence-electron chi connectivity index (χ3n) is 3.65. The predicted octanol–water partition coefficient (Wildman–Crippen LogP) is 3.39. The van der Waals surface area contributed by atoms with Crippen LogP contribution in [0, 0.1) is 20.8 Å². The van der Waals surface area contributed by atoms with Gasteiger partial charge in [0.25, 0.3) is 0 Å². The van der Waals surface area contributed by atoms with Gasteiger partial charge in [-0.3, -0.25) is 4.79 Å². The van der Waals surface area contributed by atoms with Gasteiger partial charge in [0, 0.05) is 17.5 Å². The summed E-state index contributed by atoms with van der Waals surface area (Å²) in [7, 11) is 3.11. The molecule has 0 saturated heterocycles. The van der Waals surface area contributed by atoms with Crippen LogP contribution in [0.3, 0.4) is 0 Å². The van der Waals surface area contributed by atoms with E-state index >= 15 is 0 Å². The molecule has 0 fully saturated rings. The van der Waals surface area contributed by atoms with Crippen LogP contribution < -0.4 is 9.47 Å². The molecule has 2 rings (SSSR count). The van der Waals surface area contributed by atoms with E-state index in [0.717, 1.165) is 17.0 Å². The van der Waals surface area contributed by atoms with E-state index in [4.69, 9.17) is 9.47 Å². The van der Waals surface area contributed by atoms with E-state index in [9.17, 15) is 4.79 Å². The topological polar surface area (TPSA) is 61.3 Å². The van der Waals surface area contributed by atoms with Crippen molar-refractivity contribution >= 4 is 17.5 Å². The normalized spacial score (nSPS) is 10.5. The van der Waals surface area contributed by atoms with Gasteiger partial charge < -0.3 is 9.47 Å². The van der Waals surface area contributed by atoms with Gasteiger partial charge in [-0.25, -0.2) is 9.97 Å². The maximum atomic E-state index is 12.4. The third-order valence-corrected chi connectivity index (χ3v) is 4.50. The summed E-state index contributed by atoms with van der Waals surface area (Å²) >= 11 is 1.33. The molecule has 1 heterocycles. The molecule has 0 aliphatic heterocycles. The van der Waals surface area contributed by atoms with Gasteiger partial charge in [0.05, 0.1) is 25.5 Å². The molecule has 2 aromatic rings. The Kier molecular flexibility index (Phi) is 5.60. The summed E-state index contributed by atoms with van der Waals surface area (Å²) in [5.74, 6) is 1.38. The summed E-state index contributed by atoms with van der Waals surface area (Å²) in [6.45, 7) is 5.89. The van der Waals surface area contributed by atoms with Gasteiger partial charge in [-0.05, 0) is 38.5 Å². The first-order chi connectivity index (χ1) is 11.0. The highest BCUT2D eigenvalue weighted by Gasteiger charge is 2.15. The van der Waals surface area contributed by atoms with E-state index in [2.05, 4.69) is 9.97 Å². The van der Waals surface area contributed by atoms with Crippen molar-refractivity contribution in [3.63, 3.8) is 0 Å². The Bertz CT molecular complexity index is 709. The standard InChI is InChI=1S/C17H20N2O3S/c1-10-11(2)18-17(19-12(10)3)23-9-15(20)14-7-6-13(21-4)8-16(14)22-5/h6-8H,9H2,1-5H3. The Balaban J connectivity index is 2.14. The van der Waals surface area contributed by atoms with E-state index in [1.807, 2.05) is 20.8 Å². The van der Waals surface area contributed by atoms with Crippen LogP contribution in [-0.4, -0.2) is 35.7 Å². The number of rotatable bonds is 6. The second kappa shape index (κ2) is 7.46. The van der Waals surface area contributed by atoms with Gasteiger partial charge >= 0.3 is 0 Å². The minimum atomic E-state index is -0.0333. The van der Waals surface area contributed by atoms with Crippen molar-refractivity contribution in [2.75, 3.05) is 20.0 Å². The highest BCUT2D eigenvalue weighted by molar-refractivity contribution is 7.99. The number of ether oxygens (including phenoxy) is 2. The van der Waals surface area contributed by atoms with Crippen LogP contribution in [0.5, 0.6) is 11.5 Å². The van der Waals surface area contributed by atoms with Crippen LogP contribution >= 0.6 is 11.8 Å². The molecule has 122 valence electrons. The lowest BCUT2D eigenvalue weighted by Crippen LogP contribution is -2.06. The largest absolute Gasteiger partial charge is 0.497 e. The quantitative estimate of drug-likeness (QED) is 0.459. The van der Waals surface area contributed by atoms with Crippen molar-refractivity contribution in [1.82, 2.24) is 9.97 Å². The fourth-order valence-corrected chi connectivity index (χ4v) is 2.86. The number of thioether (sulfide) groups is 1. The van der Waals surface area contributed by atoms with Gasteiger partial charge in [-0.1, -0.05) is 11.8 Å². The monoisotopic (exact) mass is 332 g/mol. The number of carbonyl (C=O) groups excluding carboxylic acids is 1. The number of nitrogens with zero attached hydrogens (tertiary/aromatic N) is 2. The number of methoxy groups -OCH3 is 2. The molecule has 0 N–H and O–H groups in total. The van der Waals surface area contributed by atoms with E-state index < -0.39 is 0 Å². The minimum Gasteiger partial charge on any atom is -0.497 e. The summed E-state index contributed by atoms with van der Waals surface area (Å²) < 4.78 is 10.4. The first kappa shape index (κ1) is 17.3. The van der Waals surface area contributed by atoms with Gasteiger partial charge in [0.1, 0.15) is 11.5 Å². The summed E-state index contributed by atoms with van der Waals surface area (Å²) in [4.78, 5) is 21.3. The van der Waals surface area contributed by atoms with Crippen molar-refractivity contribution < 1.29 is 14.3 Å². The summed E-state index contributed by atoms with van der Waals surface area (Å²) in [6, 6.07) is 5.17. The molecular formula is C17H20N2O3S. The molecule has 6 heteroatoms. The number of Topliss-reactive ketones (excluding diaryl/α,β-unsaturated/α-hetero) is 1. The molecule has 1 aromatic carbocycles. The van der Waals surface area contributed by atoms with Crippen molar-refractivity contribution in [3.8, 4) is 11.5 Å². The van der Waals surface area contributed by atoms with Crippen LogP contribution in [-0.2, 0) is 0 Å². The Morgan fingerprint density at radius 1 is 1.09 bits per heavy atom. The fraction of sp³-hybridized carbons (Fsp3) is 0.353. The van der Waals surface area contributed by atoms with Crippen molar-refractivity contribution in [3.05, 3.63) is 40.7 Å². The van der Waals surface area contributed by atoms with Crippen molar-refractivity contribution in [2.45, 2.75) is 25.9 Å². The maximum Gasteiger partial charge on any atom is 0.188 e. The number of benzene rings is 1. The highest BCUT2D eigenvalue weighted by Crippen LogP contribution is 2.27. The molecule has 0 aliphatic carbocycles. The molecule has 5 nitrogen and oxygen atoms in total. The number of aromatic nitrogens is 2. The summed E-state index contributed by atoms with van der Waals surface area (Å²) in [5, 5.41) is 0.617. The van der Waals surface area contributed by atoms with E-state index in [0.29, 0.717) is 22.2 Å². The zero-order chi connectivity index (χ0) is 17.0. The van der Waals surface area contributed by atoms with Crippen molar-refractivity contribution in [2.24, 2.45) is 0 Å². The van der Waals surface area contributed by atoms with Gasteiger partial charge in [-0.2, -0.15) is 0 Å². The first-order valence-corrected chi connectivity index (χ1v) is 8.14. The number of hydrogen-bond donors (Lipinski definition) is 0. The van der Waals surface area contributed by atoms with Crippen molar-refractivity contribution in [1.29, 1.82) is 0 Å². The molecule has 0 amide bonds. The third kappa shape index (κ3) is 4.01. The van der Waals surface area contributed by atoms with E-state index in [-0.39, 0.29) is 11.5 Å². The van der Waals surface area contributed by atoms with Gasteiger partial charge in [0.15, 0.2) is 10.9 Å². The molecule has 0 radical (unpaired) electrons. The van der Waals surface area contributed by atoms with Gasteiger partial charge in [0.2, 0.25) is 0 Å². The second-order valence-electron chi connectivity index (χ2n) is 5.08. The Morgan fingerprint density at radius 3 is 2.30 bits per heavy atom. The average Bonchev–Trinajstić information content (AvgIpc) is 2.56. The average molecular weight is 332 g/mol. The molecule has 0 saturated carbocycles. The lowest BCUT2D eigenvalue weighted by molar-refractivity contribution is 0.101. The van der Waals surface area contributed by atoms with Crippen LogP contribution in [0.1, 0.15) is 27.3 Å². The fourth-order valence-electron chi connectivity index (χ4n) is 2.04. The molecule has 0 atom stereocenters. The van der Waals surface area contributed by atoms with Crippen LogP contribution in [0.25, 0.3) is 0 Å². The van der Waals surface area contributed by atoms with Crippen LogP contribution in [0.15, 0.2) is 23.4 Å². The Labute approximate surface area is 140 Å². The molecule has 0 bridgehead atoms. The lowest BCUT2D eigenvalue weighted by atomic mass is 10.1. The zero-order valence-corrected chi connectivity index (χ0v) is 14.8.